The molecule has 3 nitrogen and oxygen atoms in total. The van der Waals surface area contributed by atoms with Crippen molar-refractivity contribution in [1.29, 1.82) is 0 Å². The van der Waals surface area contributed by atoms with E-state index in [0.29, 0.717) is 11.3 Å². The number of fused-ring (bicyclic) bond motifs is 1. The molecule has 0 unspecified atom stereocenters. The highest BCUT2D eigenvalue weighted by atomic mass is 32.2. The van der Waals surface area contributed by atoms with Gasteiger partial charge >= 0.3 is 0 Å². The second-order valence-electron chi connectivity index (χ2n) is 4.97. The summed E-state index contributed by atoms with van der Waals surface area (Å²) in [6.07, 6.45) is 3.53. The Morgan fingerprint density at radius 1 is 1.10 bits per heavy atom. The maximum atomic E-state index is 11.5. The number of hydrogen-bond acceptors (Lipinski definition) is 3. The van der Waals surface area contributed by atoms with Gasteiger partial charge in [0.1, 0.15) is 0 Å². The quantitative estimate of drug-likeness (QED) is 0.851. The second-order valence-corrected chi connectivity index (χ2v) is 6.06. The summed E-state index contributed by atoms with van der Waals surface area (Å²) < 4.78 is 0. The molecule has 2 aromatic rings. The summed E-state index contributed by atoms with van der Waals surface area (Å²) in [6, 6.07) is 11.7. The van der Waals surface area contributed by atoms with Crippen LogP contribution < -0.4 is 11.5 Å². The lowest BCUT2D eigenvalue weighted by atomic mass is 10.1. The minimum Gasteiger partial charge on any atom is -0.398 e. The van der Waals surface area contributed by atoms with Crippen LogP contribution in [0.4, 0.5) is 5.69 Å². The Morgan fingerprint density at radius 3 is 2.70 bits per heavy atom. The largest absolute Gasteiger partial charge is 0.398 e. The smallest absolute Gasteiger partial charge is 0.249 e. The van der Waals surface area contributed by atoms with Crippen LogP contribution >= 0.6 is 11.8 Å². The Hall–Kier alpha value is -1.94. The summed E-state index contributed by atoms with van der Waals surface area (Å²) in [7, 11) is 0. The first-order chi connectivity index (χ1) is 9.65. The van der Waals surface area contributed by atoms with Crippen LogP contribution in [-0.4, -0.2) is 5.91 Å². The van der Waals surface area contributed by atoms with Gasteiger partial charge in [-0.1, -0.05) is 23.9 Å². The van der Waals surface area contributed by atoms with E-state index in [4.69, 9.17) is 11.5 Å². The average Bonchev–Trinajstić information content (AvgIpc) is 2.88. The molecule has 0 aromatic heterocycles. The average molecular weight is 284 g/mol. The topological polar surface area (TPSA) is 69.1 Å². The van der Waals surface area contributed by atoms with E-state index in [1.165, 1.54) is 35.7 Å². The van der Waals surface area contributed by atoms with Crippen LogP contribution in [0.2, 0.25) is 0 Å². The van der Waals surface area contributed by atoms with Crippen LogP contribution in [-0.2, 0) is 12.8 Å². The second kappa shape index (κ2) is 5.21. The maximum absolute atomic E-state index is 11.5. The lowest BCUT2D eigenvalue weighted by molar-refractivity contribution is 0.0997. The monoisotopic (exact) mass is 284 g/mol. The lowest BCUT2D eigenvalue weighted by Gasteiger charge is -2.10. The molecular formula is C16H16N2OS. The molecule has 1 aliphatic carbocycles. The molecule has 0 fully saturated rings. The van der Waals surface area contributed by atoms with Crippen molar-refractivity contribution >= 4 is 23.4 Å². The fourth-order valence-corrected chi connectivity index (χ4v) is 3.63. The molecule has 0 radical (unpaired) electrons. The van der Waals surface area contributed by atoms with E-state index in [0.717, 1.165) is 16.2 Å². The van der Waals surface area contributed by atoms with E-state index in [1.54, 1.807) is 18.2 Å². The first kappa shape index (κ1) is 13.1. The van der Waals surface area contributed by atoms with Crippen LogP contribution in [0.15, 0.2) is 46.2 Å². The Kier molecular flexibility index (Phi) is 3.40. The summed E-state index contributed by atoms with van der Waals surface area (Å²) in [4.78, 5) is 13.4. The number of amides is 1. The maximum Gasteiger partial charge on any atom is 0.249 e. The zero-order valence-electron chi connectivity index (χ0n) is 11.1. The third-order valence-electron chi connectivity index (χ3n) is 3.60. The zero-order chi connectivity index (χ0) is 14.1. The molecule has 0 saturated carbocycles. The molecule has 0 bridgehead atoms. The van der Waals surface area contributed by atoms with Gasteiger partial charge in [0.25, 0.3) is 0 Å². The van der Waals surface area contributed by atoms with Crippen molar-refractivity contribution in [3.8, 4) is 0 Å². The molecule has 20 heavy (non-hydrogen) atoms. The minimum atomic E-state index is -0.444. The zero-order valence-corrected chi connectivity index (χ0v) is 11.9. The molecule has 4 N–H and O–H groups in total. The number of aryl methyl sites for hydroxylation is 2. The molecule has 2 aromatic carbocycles. The van der Waals surface area contributed by atoms with Gasteiger partial charge in [-0.05, 0) is 54.7 Å². The van der Waals surface area contributed by atoms with Crippen molar-refractivity contribution < 1.29 is 4.79 Å². The number of primary amides is 1. The molecule has 0 spiro atoms. The number of carbonyl (C=O) groups is 1. The van der Waals surface area contributed by atoms with E-state index < -0.39 is 5.91 Å². The van der Waals surface area contributed by atoms with Crippen molar-refractivity contribution in [2.24, 2.45) is 5.73 Å². The van der Waals surface area contributed by atoms with E-state index >= 15 is 0 Å². The Bertz CT molecular complexity index is 682. The first-order valence-corrected chi connectivity index (χ1v) is 7.45. The number of carbonyl (C=O) groups excluding carboxylic acids is 1. The van der Waals surface area contributed by atoms with E-state index in [-0.39, 0.29) is 0 Å². The molecule has 0 heterocycles. The van der Waals surface area contributed by atoms with Crippen LogP contribution in [0.5, 0.6) is 0 Å². The third-order valence-corrected chi connectivity index (χ3v) is 4.75. The van der Waals surface area contributed by atoms with E-state index in [1.807, 2.05) is 0 Å². The number of nitrogen functional groups attached to an aromatic ring is 1. The first-order valence-electron chi connectivity index (χ1n) is 6.63. The predicted molar refractivity (Wildman–Crippen MR) is 82.0 cm³/mol. The van der Waals surface area contributed by atoms with Gasteiger partial charge < -0.3 is 11.5 Å². The molecule has 102 valence electrons. The van der Waals surface area contributed by atoms with Crippen LogP contribution in [0, 0.1) is 0 Å². The summed E-state index contributed by atoms with van der Waals surface area (Å²) in [6.45, 7) is 0. The van der Waals surface area contributed by atoms with Gasteiger partial charge in [0.05, 0.1) is 5.56 Å². The normalized spacial score (nSPS) is 13.2. The van der Waals surface area contributed by atoms with Gasteiger partial charge in [-0.3, -0.25) is 4.79 Å². The van der Waals surface area contributed by atoms with Crippen molar-refractivity contribution in [2.75, 3.05) is 5.73 Å². The summed E-state index contributed by atoms with van der Waals surface area (Å²) in [5, 5.41) is 0. The van der Waals surface area contributed by atoms with Crippen molar-refractivity contribution in [3.63, 3.8) is 0 Å². The van der Waals surface area contributed by atoms with Gasteiger partial charge in [-0.25, -0.2) is 0 Å². The van der Waals surface area contributed by atoms with Gasteiger partial charge in [-0.2, -0.15) is 0 Å². The summed E-state index contributed by atoms with van der Waals surface area (Å²) in [5.41, 5.74) is 15.3. The molecule has 0 atom stereocenters. The molecule has 0 aliphatic heterocycles. The fraction of sp³-hybridized carbons (Fsp3) is 0.188. The van der Waals surface area contributed by atoms with Crippen molar-refractivity contribution in [2.45, 2.75) is 29.1 Å². The van der Waals surface area contributed by atoms with Gasteiger partial charge in [0, 0.05) is 15.5 Å². The lowest BCUT2D eigenvalue weighted by Crippen LogP contribution is -2.13. The standard InChI is InChI=1S/C16H16N2OS/c17-14-6-2-5-13(16(18)19)15(14)20-12-8-7-10-3-1-4-11(10)9-12/h2,5-9H,1,3-4,17H2,(H2,18,19). The Morgan fingerprint density at radius 2 is 1.90 bits per heavy atom. The molecule has 0 saturated heterocycles. The van der Waals surface area contributed by atoms with Crippen LogP contribution in [0.1, 0.15) is 27.9 Å². The fourth-order valence-electron chi connectivity index (χ4n) is 2.59. The third kappa shape index (κ3) is 2.39. The molecule has 4 heteroatoms. The van der Waals surface area contributed by atoms with Crippen LogP contribution in [0.3, 0.4) is 0 Å². The number of nitrogens with two attached hydrogens (primary N) is 2. The number of hydrogen-bond donors (Lipinski definition) is 2. The van der Waals surface area contributed by atoms with E-state index in [9.17, 15) is 4.79 Å². The number of benzene rings is 2. The van der Waals surface area contributed by atoms with Crippen LogP contribution in [0.25, 0.3) is 0 Å². The highest BCUT2D eigenvalue weighted by Gasteiger charge is 2.15. The highest BCUT2D eigenvalue weighted by Crippen LogP contribution is 2.36. The predicted octanol–water partition coefficient (Wildman–Crippen LogP) is 3.01. The summed E-state index contributed by atoms with van der Waals surface area (Å²) in [5.74, 6) is -0.444. The van der Waals surface area contributed by atoms with Crippen molar-refractivity contribution in [1.82, 2.24) is 0 Å². The SMILES string of the molecule is NC(=O)c1cccc(N)c1Sc1ccc2c(c1)CCC2. The Balaban J connectivity index is 1.97. The Labute approximate surface area is 122 Å². The van der Waals surface area contributed by atoms with Gasteiger partial charge in [-0.15, -0.1) is 0 Å². The highest BCUT2D eigenvalue weighted by molar-refractivity contribution is 7.99. The molecular weight excluding hydrogens is 268 g/mol. The molecule has 1 aliphatic rings. The van der Waals surface area contributed by atoms with E-state index in [2.05, 4.69) is 18.2 Å². The molecule has 3 rings (SSSR count). The number of anilines is 1. The summed E-state index contributed by atoms with van der Waals surface area (Å²) >= 11 is 1.51. The van der Waals surface area contributed by atoms with Crippen molar-refractivity contribution in [3.05, 3.63) is 53.1 Å². The number of rotatable bonds is 3. The molecule has 1 amide bonds. The van der Waals surface area contributed by atoms with Gasteiger partial charge in [0.15, 0.2) is 0 Å². The van der Waals surface area contributed by atoms with Gasteiger partial charge in [0.2, 0.25) is 5.91 Å². The minimum absolute atomic E-state index is 0.444.